The fourth-order valence-electron chi connectivity index (χ4n) is 3.62. The van der Waals surface area contributed by atoms with Crippen LogP contribution >= 0.6 is 27.5 Å². The number of sulfonamides is 1. The maximum Gasteiger partial charge on any atom is 0.243 e. The van der Waals surface area contributed by atoms with Gasteiger partial charge in [0, 0.05) is 35.7 Å². The molecule has 1 aliphatic rings. The maximum absolute atomic E-state index is 13.0. The van der Waals surface area contributed by atoms with Gasteiger partial charge in [0.1, 0.15) is 6.33 Å². The smallest absolute Gasteiger partial charge is 0.243 e. The first-order valence-electron chi connectivity index (χ1n) is 9.76. The highest BCUT2D eigenvalue weighted by Gasteiger charge is 2.30. The van der Waals surface area contributed by atoms with E-state index < -0.39 is 10.0 Å². The summed E-state index contributed by atoms with van der Waals surface area (Å²) in [6.07, 6.45) is 1.47. The summed E-state index contributed by atoms with van der Waals surface area (Å²) in [7, 11) is -3.55. The van der Waals surface area contributed by atoms with Crippen molar-refractivity contribution in [2.24, 2.45) is 0 Å². The van der Waals surface area contributed by atoms with Crippen LogP contribution in [0.1, 0.15) is 0 Å². The van der Waals surface area contributed by atoms with Gasteiger partial charge in [-0.1, -0.05) is 32.7 Å². The van der Waals surface area contributed by atoms with Crippen LogP contribution in [0.15, 0.2) is 64.2 Å². The van der Waals surface area contributed by atoms with Crippen molar-refractivity contribution in [3.05, 3.63) is 64.4 Å². The molecule has 0 unspecified atom stereocenters. The summed E-state index contributed by atoms with van der Waals surface area (Å²) in [6, 6.07) is 13.9. The molecule has 0 saturated carbocycles. The number of nitrogens with zero attached hydrogens (tertiary/aromatic N) is 7. The highest BCUT2D eigenvalue weighted by atomic mass is 79.9. The molecule has 0 N–H and O–H groups in total. The third-order valence-electron chi connectivity index (χ3n) is 5.28. The van der Waals surface area contributed by atoms with Gasteiger partial charge in [-0.15, -0.1) is 5.10 Å². The van der Waals surface area contributed by atoms with E-state index in [1.165, 1.54) is 10.6 Å². The van der Waals surface area contributed by atoms with Crippen molar-refractivity contribution >= 4 is 54.5 Å². The molecule has 1 saturated heterocycles. The number of hydrogen-bond acceptors (Lipinski definition) is 7. The summed E-state index contributed by atoms with van der Waals surface area (Å²) >= 11 is 9.32. The molecule has 32 heavy (non-hydrogen) atoms. The number of fused-ring (bicyclic) bond motifs is 1. The van der Waals surface area contributed by atoms with E-state index >= 15 is 0 Å². The summed E-state index contributed by atoms with van der Waals surface area (Å²) in [5, 5.41) is 9.16. The summed E-state index contributed by atoms with van der Waals surface area (Å²) in [5.41, 5.74) is 1.92. The first-order chi connectivity index (χ1) is 15.4. The van der Waals surface area contributed by atoms with E-state index in [9.17, 15) is 8.42 Å². The van der Waals surface area contributed by atoms with E-state index in [4.69, 9.17) is 11.6 Å². The van der Waals surface area contributed by atoms with Gasteiger partial charge >= 0.3 is 0 Å². The highest BCUT2D eigenvalue weighted by molar-refractivity contribution is 9.10. The lowest BCUT2D eigenvalue weighted by molar-refractivity contribution is 0.384. The Bertz CT molecular complexity index is 1370. The quantitative estimate of drug-likeness (QED) is 0.397. The van der Waals surface area contributed by atoms with Gasteiger partial charge in [-0.05, 0) is 48.5 Å². The van der Waals surface area contributed by atoms with Crippen molar-refractivity contribution in [3.63, 3.8) is 0 Å². The third-order valence-corrected chi connectivity index (χ3v) is 7.97. The van der Waals surface area contributed by atoms with E-state index in [-0.39, 0.29) is 4.90 Å². The Balaban J connectivity index is 1.38. The minimum Gasteiger partial charge on any atom is -0.352 e. The number of aromatic nitrogens is 5. The molecular formula is C20H17BrClN7O2S. The van der Waals surface area contributed by atoms with Crippen LogP contribution in [0.4, 0.5) is 5.82 Å². The van der Waals surface area contributed by atoms with Crippen LogP contribution in [-0.2, 0) is 10.0 Å². The Morgan fingerprint density at radius 2 is 1.59 bits per heavy atom. The molecule has 3 heterocycles. The zero-order valence-corrected chi connectivity index (χ0v) is 19.8. The van der Waals surface area contributed by atoms with E-state index in [0.717, 1.165) is 10.2 Å². The van der Waals surface area contributed by atoms with Crippen LogP contribution in [0, 0.1) is 0 Å². The zero-order valence-electron chi connectivity index (χ0n) is 16.6. The van der Waals surface area contributed by atoms with Crippen molar-refractivity contribution in [2.45, 2.75) is 4.90 Å². The Hall–Kier alpha value is -2.60. The van der Waals surface area contributed by atoms with Gasteiger partial charge in [-0.3, -0.25) is 0 Å². The molecule has 0 bridgehead atoms. The second kappa shape index (κ2) is 8.39. The summed E-state index contributed by atoms with van der Waals surface area (Å²) in [6.45, 7) is 1.65. The fraction of sp³-hybridized carbons (Fsp3) is 0.200. The topological polar surface area (TPSA) is 97.1 Å². The van der Waals surface area contributed by atoms with Crippen LogP contribution in [0.2, 0.25) is 5.02 Å². The molecule has 2 aromatic heterocycles. The summed E-state index contributed by atoms with van der Waals surface area (Å²) in [5.74, 6) is 0.635. The Morgan fingerprint density at radius 3 is 2.28 bits per heavy atom. The predicted molar refractivity (Wildman–Crippen MR) is 125 cm³/mol. The molecule has 0 radical (unpaired) electrons. The molecule has 164 valence electrons. The van der Waals surface area contributed by atoms with Crippen LogP contribution in [0.25, 0.3) is 16.9 Å². The van der Waals surface area contributed by atoms with Crippen LogP contribution < -0.4 is 4.90 Å². The minimum absolute atomic E-state index is 0.282. The molecule has 0 amide bonds. The molecule has 0 atom stereocenters. The second-order valence-electron chi connectivity index (χ2n) is 7.19. The number of rotatable bonds is 4. The molecule has 1 aliphatic heterocycles. The summed E-state index contributed by atoms with van der Waals surface area (Å²) in [4.78, 5) is 11.1. The molecule has 9 nitrogen and oxygen atoms in total. The van der Waals surface area contributed by atoms with Crippen molar-refractivity contribution in [3.8, 4) is 5.69 Å². The van der Waals surface area contributed by atoms with Crippen molar-refractivity contribution in [1.29, 1.82) is 0 Å². The predicted octanol–water partition coefficient (Wildman–Crippen LogP) is 3.14. The molecular weight excluding hydrogens is 518 g/mol. The van der Waals surface area contributed by atoms with Crippen molar-refractivity contribution < 1.29 is 8.42 Å². The first kappa shape index (κ1) is 21.3. The van der Waals surface area contributed by atoms with Gasteiger partial charge in [0.05, 0.1) is 10.6 Å². The number of benzene rings is 2. The van der Waals surface area contributed by atoms with E-state index in [0.29, 0.717) is 48.2 Å². The molecule has 1 fully saturated rings. The fourth-order valence-corrected chi connectivity index (χ4v) is 5.43. The van der Waals surface area contributed by atoms with Gasteiger partial charge in [-0.25, -0.2) is 18.4 Å². The first-order valence-corrected chi connectivity index (χ1v) is 12.4. The van der Waals surface area contributed by atoms with Crippen LogP contribution in [0.5, 0.6) is 0 Å². The standard InChI is InChI=1S/C20H17BrClN7O2S/c21-14-1-7-17(8-2-14)32(30,31)28-11-9-27(10-12-28)19-18-20(24-13-23-19)29(26-25-18)16-5-3-15(22)4-6-16/h1-8,13H,9-12H2. The highest BCUT2D eigenvalue weighted by Crippen LogP contribution is 2.26. The van der Waals surface area contributed by atoms with Crippen molar-refractivity contribution in [1.82, 2.24) is 29.3 Å². The lowest BCUT2D eigenvalue weighted by atomic mass is 10.3. The van der Waals surface area contributed by atoms with Gasteiger partial charge in [0.15, 0.2) is 17.0 Å². The van der Waals surface area contributed by atoms with E-state index in [1.807, 2.05) is 17.0 Å². The number of hydrogen-bond donors (Lipinski definition) is 0. The van der Waals surface area contributed by atoms with Crippen LogP contribution in [0.3, 0.4) is 0 Å². The third kappa shape index (κ3) is 3.85. The number of piperazine rings is 1. The average molecular weight is 535 g/mol. The van der Waals surface area contributed by atoms with E-state index in [2.05, 4.69) is 36.2 Å². The Labute approximate surface area is 197 Å². The number of anilines is 1. The average Bonchev–Trinajstić information content (AvgIpc) is 3.24. The number of halogens is 2. The molecule has 5 rings (SSSR count). The maximum atomic E-state index is 13.0. The molecule has 0 aliphatic carbocycles. The molecule has 0 spiro atoms. The monoisotopic (exact) mass is 533 g/mol. The van der Waals surface area contributed by atoms with Gasteiger partial charge in [0.2, 0.25) is 10.0 Å². The summed E-state index contributed by atoms with van der Waals surface area (Å²) < 4.78 is 29.9. The molecule has 2 aromatic carbocycles. The van der Waals surface area contributed by atoms with Gasteiger partial charge < -0.3 is 4.90 Å². The van der Waals surface area contributed by atoms with Gasteiger partial charge in [0.25, 0.3) is 0 Å². The largest absolute Gasteiger partial charge is 0.352 e. The molecule has 12 heteroatoms. The molecule has 4 aromatic rings. The van der Waals surface area contributed by atoms with E-state index in [1.54, 1.807) is 41.1 Å². The lowest BCUT2D eigenvalue weighted by Gasteiger charge is -2.34. The van der Waals surface area contributed by atoms with Crippen LogP contribution in [-0.4, -0.2) is 63.9 Å². The van der Waals surface area contributed by atoms with Crippen molar-refractivity contribution in [2.75, 3.05) is 31.1 Å². The second-order valence-corrected chi connectivity index (χ2v) is 10.5. The lowest BCUT2D eigenvalue weighted by Crippen LogP contribution is -2.49. The Kier molecular flexibility index (Phi) is 5.58. The normalized spacial score (nSPS) is 15.4. The minimum atomic E-state index is -3.55. The zero-order chi connectivity index (χ0) is 22.3. The SMILES string of the molecule is O=S(=O)(c1ccc(Br)cc1)N1CCN(c2ncnc3c2nnn3-c2ccc(Cl)cc2)CC1. The Morgan fingerprint density at radius 1 is 0.906 bits per heavy atom. The van der Waals surface area contributed by atoms with Gasteiger partial charge in [-0.2, -0.15) is 8.99 Å².